The molecular weight excluding hydrogens is 218 g/mol. The molecule has 4 N–H and O–H groups in total. The Balaban J connectivity index is 2.76. The molecule has 17 heavy (non-hydrogen) atoms. The summed E-state index contributed by atoms with van der Waals surface area (Å²) in [6, 6.07) is 1.80. The fourth-order valence-corrected chi connectivity index (χ4v) is 1.26. The summed E-state index contributed by atoms with van der Waals surface area (Å²) in [5.41, 5.74) is 5.07. The standard InChI is InChI=1S/C11H19N5O/c1-7(2)11-15-9(13-3)6-10(16-11)14-5-4-8(12)17/h6-7H,4-5H2,1-3H3,(H2,12,17)(H2,13,14,15,16). The Hall–Kier alpha value is -1.85. The first-order valence-electron chi connectivity index (χ1n) is 5.62. The Morgan fingerprint density at radius 2 is 2.06 bits per heavy atom. The maximum absolute atomic E-state index is 10.6. The lowest BCUT2D eigenvalue weighted by Crippen LogP contribution is -2.16. The molecule has 1 amide bonds. The first-order valence-corrected chi connectivity index (χ1v) is 5.62. The number of nitrogens with zero attached hydrogens (tertiary/aromatic N) is 2. The molecule has 0 radical (unpaired) electrons. The van der Waals surface area contributed by atoms with Crippen LogP contribution in [0.2, 0.25) is 0 Å². The Labute approximate surface area is 101 Å². The van der Waals surface area contributed by atoms with Crippen LogP contribution < -0.4 is 16.4 Å². The smallest absolute Gasteiger partial charge is 0.219 e. The Bertz CT molecular complexity index is 391. The van der Waals surface area contributed by atoms with Crippen LogP contribution in [0.15, 0.2) is 6.07 Å². The molecule has 94 valence electrons. The molecule has 0 aliphatic carbocycles. The van der Waals surface area contributed by atoms with Gasteiger partial charge in [0.25, 0.3) is 0 Å². The number of carbonyl (C=O) groups excluding carboxylic acids is 1. The van der Waals surface area contributed by atoms with Crippen LogP contribution in [0.3, 0.4) is 0 Å². The van der Waals surface area contributed by atoms with Crippen molar-refractivity contribution in [3.05, 3.63) is 11.9 Å². The lowest BCUT2D eigenvalue weighted by atomic mass is 10.2. The fraction of sp³-hybridized carbons (Fsp3) is 0.545. The van der Waals surface area contributed by atoms with Crippen LogP contribution in [0.1, 0.15) is 32.0 Å². The predicted octanol–water partition coefficient (Wildman–Crippen LogP) is 0.929. The maximum Gasteiger partial charge on any atom is 0.219 e. The summed E-state index contributed by atoms with van der Waals surface area (Å²) in [5, 5.41) is 6.03. The van der Waals surface area contributed by atoms with E-state index in [1.54, 1.807) is 13.1 Å². The van der Waals surface area contributed by atoms with Crippen molar-refractivity contribution in [3.8, 4) is 0 Å². The van der Waals surface area contributed by atoms with Crippen LogP contribution in [0.25, 0.3) is 0 Å². The van der Waals surface area contributed by atoms with E-state index < -0.39 is 0 Å². The van der Waals surface area contributed by atoms with Crippen LogP contribution in [0.5, 0.6) is 0 Å². The molecule has 6 heteroatoms. The molecule has 0 spiro atoms. The van der Waals surface area contributed by atoms with Crippen molar-refractivity contribution in [2.24, 2.45) is 5.73 Å². The zero-order valence-corrected chi connectivity index (χ0v) is 10.4. The SMILES string of the molecule is CNc1cc(NCCC(N)=O)nc(C(C)C)n1. The largest absolute Gasteiger partial charge is 0.373 e. The van der Waals surface area contributed by atoms with Crippen molar-refractivity contribution < 1.29 is 4.79 Å². The van der Waals surface area contributed by atoms with Gasteiger partial charge in [-0.15, -0.1) is 0 Å². The van der Waals surface area contributed by atoms with Crippen molar-refractivity contribution in [1.29, 1.82) is 0 Å². The summed E-state index contributed by atoms with van der Waals surface area (Å²) >= 11 is 0. The van der Waals surface area contributed by atoms with Gasteiger partial charge in [0, 0.05) is 32.0 Å². The molecule has 0 aliphatic rings. The number of anilines is 2. The minimum absolute atomic E-state index is 0.250. The van der Waals surface area contributed by atoms with E-state index in [1.165, 1.54) is 0 Å². The third-order valence-corrected chi connectivity index (χ3v) is 2.19. The van der Waals surface area contributed by atoms with Crippen molar-refractivity contribution in [2.75, 3.05) is 24.2 Å². The van der Waals surface area contributed by atoms with E-state index in [9.17, 15) is 4.79 Å². The Kier molecular flexibility index (Phi) is 4.68. The van der Waals surface area contributed by atoms with Crippen LogP contribution >= 0.6 is 0 Å². The fourth-order valence-electron chi connectivity index (χ4n) is 1.26. The van der Waals surface area contributed by atoms with Gasteiger partial charge in [-0.05, 0) is 0 Å². The van der Waals surface area contributed by atoms with Crippen LogP contribution in [0, 0.1) is 0 Å². The average Bonchev–Trinajstić information content (AvgIpc) is 2.28. The van der Waals surface area contributed by atoms with Crippen LogP contribution in [0.4, 0.5) is 11.6 Å². The van der Waals surface area contributed by atoms with Gasteiger partial charge < -0.3 is 16.4 Å². The summed E-state index contributed by atoms with van der Waals surface area (Å²) in [5.74, 6) is 2.14. The highest BCUT2D eigenvalue weighted by molar-refractivity contribution is 5.74. The average molecular weight is 237 g/mol. The topological polar surface area (TPSA) is 92.9 Å². The third kappa shape index (κ3) is 4.26. The molecular formula is C11H19N5O. The van der Waals surface area contributed by atoms with Crippen molar-refractivity contribution >= 4 is 17.5 Å². The highest BCUT2D eigenvalue weighted by Gasteiger charge is 2.07. The third-order valence-electron chi connectivity index (χ3n) is 2.19. The summed E-state index contributed by atoms with van der Waals surface area (Å²) < 4.78 is 0. The van der Waals surface area contributed by atoms with E-state index in [1.807, 2.05) is 13.8 Å². The van der Waals surface area contributed by atoms with Crippen molar-refractivity contribution in [1.82, 2.24) is 9.97 Å². The molecule has 1 rings (SSSR count). The monoisotopic (exact) mass is 237 g/mol. The predicted molar refractivity (Wildman–Crippen MR) is 68.0 cm³/mol. The number of nitrogens with one attached hydrogen (secondary N) is 2. The van der Waals surface area contributed by atoms with E-state index in [0.29, 0.717) is 12.4 Å². The van der Waals surface area contributed by atoms with Gasteiger partial charge in [0.05, 0.1) is 0 Å². The van der Waals surface area contributed by atoms with Gasteiger partial charge in [-0.1, -0.05) is 13.8 Å². The van der Waals surface area contributed by atoms with E-state index in [0.717, 1.165) is 11.6 Å². The second kappa shape index (κ2) is 6.03. The number of hydrogen-bond acceptors (Lipinski definition) is 5. The molecule has 0 saturated heterocycles. The minimum Gasteiger partial charge on any atom is -0.373 e. The summed E-state index contributed by atoms with van der Waals surface area (Å²) in [4.78, 5) is 19.3. The van der Waals surface area contributed by atoms with E-state index in [-0.39, 0.29) is 18.2 Å². The highest BCUT2D eigenvalue weighted by atomic mass is 16.1. The normalized spacial score (nSPS) is 10.4. The quantitative estimate of drug-likeness (QED) is 0.684. The lowest BCUT2D eigenvalue weighted by Gasteiger charge is -2.10. The van der Waals surface area contributed by atoms with Gasteiger partial charge in [0.1, 0.15) is 17.5 Å². The van der Waals surface area contributed by atoms with Gasteiger partial charge in [0.2, 0.25) is 5.91 Å². The van der Waals surface area contributed by atoms with Gasteiger partial charge in [0.15, 0.2) is 0 Å². The molecule has 0 aliphatic heterocycles. The number of primary amides is 1. The molecule has 1 aromatic rings. The second-order valence-electron chi connectivity index (χ2n) is 4.04. The molecule has 0 fully saturated rings. The first-order chi connectivity index (χ1) is 8.02. The molecule has 0 bridgehead atoms. The molecule has 6 nitrogen and oxygen atoms in total. The first kappa shape index (κ1) is 13.2. The lowest BCUT2D eigenvalue weighted by molar-refractivity contribution is -0.117. The summed E-state index contributed by atoms with van der Waals surface area (Å²) in [7, 11) is 1.81. The number of carbonyl (C=O) groups is 1. The zero-order chi connectivity index (χ0) is 12.8. The van der Waals surface area contributed by atoms with Gasteiger partial charge in [-0.3, -0.25) is 4.79 Å². The molecule has 1 heterocycles. The molecule has 0 atom stereocenters. The molecule has 1 aromatic heterocycles. The van der Waals surface area contributed by atoms with Crippen molar-refractivity contribution in [2.45, 2.75) is 26.2 Å². The number of amides is 1. The van der Waals surface area contributed by atoms with E-state index in [2.05, 4.69) is 20.6 Å². The second-order valence-corrected chi connectivity index (χ2v) is 4.04. The van der Waals surface area contributed by atoms with Crippen LogP contribution in [-0.4, -0.2) is 29.5 Å². The summed E-state index contributed by atoms with van der Waals surface area (Å²) in [6.45, 7) is 4.54. The van der Waals surface area contributed by atoms with Gasteiger partial charge in [-0.2, -0.15) is 0 Å². The minimum atomic E-state index is -0.329. The number of rotatable bonds is 6. The molecule has 0 unspecified atom stereocenters. The van der Waals surface area contributed by atoms with Gasteiger partial charge >= 0.3 is 0 Å². The molecule has 0 saturated carbocycles. The van der Waals surface area contributed by atoms with E-state index in [4.69, 9.17) is 5.73 Å². The van der Waals surface area contributed by atoms with Gasteiger partial charge in [-0.25, -0.2) is 9.97 Å². The highest BCUT2D eigenvalue weighted by Crippen LogP contribution is 2.16. The Morgan fingerprint density at radius 3 is 2.59 bits per heavy atom. The number of aromatic nitrogens is 2. The Morgan fingerprint density at radius 1 is 1.41 bits per heavy atom. The van der Waals surface area contributed by atoms with Crippen molar-refractivity contribution in [3.63, 3.8) is 0 Å². The maximum atomic E-state index is 10.6. The summed E-state index contributed by atoms with van der Waals surface area (Å²) in [6.07, 6.45) is 0.288. The number of hydrogen-bond donors (Lipinski definition) is 3. The zero-order valence-electron chi connectivity index (χ0n) is 10.4. The number of nitrogens with two attached hydrogens (primary N) is 1. The van der Waals surface area contributed by atoms with Crippen LogP contribution in [-0.2, 0) is 4.79 Å². The van der Waals surface area contributed by atoms with E-state index >= 15 is 0 Å². The molecule has 0 aromatic carbocycles.